The van der Waals surface area contributed by atoms with E-state index >= 15 is 0 Å². The average molecular weight is 232 g/mol. The number of halogens is 2. The van der Waals surface area contributed by atoms with Gasteiger partial charge in [0.25, 0.3) is 0 Å². The first-order valence-corrected chi connectivity index (χ1v) is 4.35. The van der Waals surface area contributed by atoms with Gasteiger partial charge in [-0.15, -0.1) is 0 Å². The molecule has 12 heavy (non-hydrogen) atoms. The summed E-state index contributed by atoms with van der Waals surface area (Å²) in [7, 11) is 0. The van der Waals surface area contributed by atoms with E-state index in [1.165, 1.54) is 6.07 Å². The van der Waals surface area contributed by atoms with Gasteiger partial charge < -0.3 is 10.5 Å². The topological polar surface area (TPSA) is 35.2 Å². The Bertz CT molecular complexity index is 329. The molecule has 0 saturated heterocycles. The summed E-state index contributed by atoms with van der Waals surface area (Å²) in [6.45, 7) is 0.364. The molecule has 0 amide bonds. The third-order valence-corrected chi connectivity index (χ3v) is 2.30. The first-order chi connectivity index (χ1) is 5.68. The highest BCUT2D eigenvalue weighted by Crippen LogP contribution is 2.35. The first kappa shape index (κ1) is 8.01. The highest BCUT2D eigenvalue weighted by atomic mass is 79.9. The predicted molar refractivity (Wildman–Crippen MR) is 46.5 cm³/mol. The summed E-state index contributed by atoms with van der Waals surface area (Å²) in [6.07, 6.45) is 0. The Morgan fingerprint density at radius 3 is 3.08 bits per heavy atom. The normalized spacial score (nSPS) is 20.4. The summed E-state index contributed by atoms with van der Waals surface area (Å²) < 4.78 is 19.1. The lowest BCUT2D eigenvalue weighted by Crippen LogP contribution is -2.12. The maximum absolute atomic E-state index is 13.2. The average Bonchev–Trinajstić information content (AvgIpc) is 2.31. The summed E-state index contributed by atoms with van der Waals surface area (Å²) in [4.78, 5) is 0. The molecule has 0 aliphatic carbocycles. The Balaban J connectivity index is 2.60. The number of ether oxygens (including phenoxy) is 1. The largest absolute Gasteiger partial charge is 0.491 e. The smallest absolute Gasteiger partial charge is 0.132 e. The van der Waals surface area contributed by atoms with E-state index in [0.29, 0.717) is 22.4 Å². The van der Waals surface area contributed by atoms with Crippen molar-refractivity contribution < 1.29 is 9.13 Å². The Morgan fingerprint density at radius 2 is 2.33 bits per heavy atom. The zero-order chi connectivity index (χ0) is 8.72. The molecule has 1 unspecified atom stereocenters. The SMILES string of the molecule is NC1COc2cc(Br)cc(F)c21. The zero-order valence-electron chi connectivity index (χ0n) is 6.18. The molecule has 0 spiro atoms. The van der Waals surface area contributed by atoms with Crippen molar-refractivity contribution >= 4 is 15.9 Å². The number of rotatable bonds is 0. The van der Waals surface area contributed by atoms with Crippen LogP contribution >= 0.6 is 15.9 Å². The maximum Gasteiger partial charge on any atom is 0.132 e. The molecule has 0 saturated carbocycles. The summed E-state index contributed by atoms with van der Waals surface area (Å²) in [5.74, 6) is 0.249. The van der Waals surface area contributed by atoms with Crippen LogP contribution in [0.2, 0.25) is 0 Å². The van der Waals surface area contributed by atoms with Crippen LogP contribution in [0.1, 0.15) is 11.6 Å². The fraction of sp³-hybridized carbons (Fsp3) is 0.250. The van der Waals surface area contributed by atoms with Gasteiger partial charge in [0, 0.05) is 4.47 Å². The number of nitrogens with two attached hydrogens (primary N) is 1. The van der Waals surface area contributed by atoms with Crippen LogP contribution in [0.5, 0.6) is 5.75 Å². The van der Waals surface area contributed by atoms with Crippen molar-refractivity contribution in [1.82, 2.24) is 0 Å². The lowest BCUT2D eigenvalue weighted by Gasteiger charge is -2.02. The van der Waals surface area contributed by atoms with Gasteiger partial charge in [-0.25, -0.2) is 4.39 Å². The molecule has 1 aliphatic heterocycles. The lowest BCUT2D eigenvalue weighted by molar-refractivity contribution is 0.333. The van der Waals surface area contributed by atoms with Crippen LogP contribution in [-0.4, -0.2) is 6.61 Å². The van der Waals surface area contributed by atoms with Crippen molar-refractivity contribution in [2.45, 2.75) is 6.04 Å². The van der Waals surface area contributed by atoms with Crippen LogP contribution < -0.4 is 10.5 Å². The molecular formula is C8H7BrFNO. The third-order valence-electron chi connectivity index (χ3n) is 1.85. The van der Waals surface area contributed by atoms with Gasteiger partial charge in [-0.2, -0.15) is 0 Å². The maximum atomic E-state index is 13.2. The van der Waals surface area contributed by atoms with E-state index in [2.05, 4.69) is 15.9 Å². The molecule has 2 rings (SSSR count). The molecule has 1 aliphatic rings. The summed E-state index contributed by atoms with van der Waals surface area (Å²) in [5.41, 5.74) is 6.10. The monoisotopic (exact) mass is 231 g/mol. The molecular weight excluding hydrogens is 225 g/mol. The van der Waals surface area contributed by atoms with Crippen molar-refractivity contribution in [3.8, 4) is 5.75 Å². The van der Waals surface area contributed by atoms with Gasteiger partial charge >= 0.3 is 0 Å². The summed E-state index contributed by atoms with van der Waals surface area (Å²) >= 11 is 3.17. The number of hydrogen-bond donors (Lipinski definition) is 1. The van der Waals surface area contributed by atoms with Gasteiger partial charge in [-0.1, -0.05) is 15.9 Å². The Hall–Kier alpha value is -0.610. The first-order valence-electron chi connectivity index (χ1n) is 3.56. The minimum atomic E-state index is -0.326. The molecule has 0 bridgehead atoms. The van der Waals surface area contributed by atoms with Gasteiger partial charge in [0.1, 0.15) is 18.2 Å². The van der Waals surface area contributed by atoms with Gasteiger partial charge in [0.05, 0.1) is 11.6 Å². The molecule has 2 nitrogen and oxygen atoms in total. The fourth-order valence-corrected chi connectivity index (χ4v) is 1.71. The minimum absolute atomic E-state index is 0.302. The summed E-state index contributed by atoms with van der Waals surface area (Å²) in [6, 6.07) is 2.80. The van der Waals surface area contributed by atoms with Crippen LogP contribution in [0.4, 0.5) is 4.39 Å². The number of fused-ring (bicyclic) bond motifs is 1. The molecule has 1 aromatic rings. The highest BCUT2D eigenvalue weighted by Gasteiger charge is 2.24. The van der Waals surface area contributed by atoms with Crippen molar-refractivity contribution in [3.05, 3.63) is 28.0 Å². The highest BCUT2D eigenvalue weighted by molar-refractivity contribution is 9.10. The molecule has 2 N–H and O–H groups in total. The second-order valence-corrected chi connectivity index (χ2v) is 3.63. The van der Waals surface area contributed by atoms with E-state index in [1.807, 2.05) is 0 Å². The van der Waals surface area contributed by atoms with Crippen LogP contribution in [0.25, 0.3) is 0 Å². The van der Waals surface area contributed by atoms with Crippen LogP contribution in [0, 0.1) is 5.82 Å². The number of hydrogen-bond acceptors (Lipinski definition) is 2. The van der Waals surface area contributed by atoms with Gasteiger partial charge in [0.2, 0.25) is 0 Å². The van der Waals surface area contributed by atoms with Gasteiger partial charge in [-0.3, -0.25) is 0 Å². The zero-order valence-corrected chi connectivity index (χ0v) is 7.77. The number of benzene rings is 1. The Kier molecular flexibility index (Phi) is 1.81. The Morgan fingerprint density at radius 1 is 1.58 bits per heavy atom. The minimum Gasteiger partial charge on any atom is -0.491 e. The Labute approximate surface area is 77.6 Å². The van der Waals surface area contributed by atoms with E-state index < -0.39 is 0 Å². The molecule has 64 valence electrons. The fourth-order valence-electron chi connectivity index (χ4n) is 1.30. The summed E-state index contributed by atoms with van der Waals surface area (Å²) in [5, 5.41) is 0. The molecule has 1 aromatic carbocycles. The van der Waals surface area contributed by atoms with E-state index in [1.54, 1.807) is 6.07 Å². The molecule has 1 heterocycles. The van der Waals surface area contributed by atoms with Crippen molar-refractivity contribution in [2.75, 3.05) is 6.61 Å². The van der Waals surface area contributed by atoms with Crippen molar-refractivity contribution in [3.63, 3.8) is 0 Å². The lowest BCUT2D eigenvalue weighted by atomic mass is 10.1. The molecule has 4 heteroatoms. The quantitative estimate of drug-likeness (QED) is 0.742. The van der Waals surface area contributed by atoms with Crippen molar-refractivity contribution in [2.24, 2.45) is 5.73 Å². The molecule has 0 fully saturated rings. The van der Waals surface area contributed by atoms with Crippen LogP contribution in [0.15, 0.2) is 16.6 Å². The van der Waals surface area contributed by atoms with Crippen molar-refractivity contribution in [1.29, 1.82) is 0 Å². The van der Waals surface area contributed by atoms with Gasteiger partial charge in [0.15, 0.2) is 0 Å². The predicted octanol–water partition coefficient (Wildman–Crippen LogP) is 1.98. The van der Waals surface area contributed by atoms with Crippen LogP contribution in [-0.2, 0) is 0 Å². The second-order valence-electron chi connectivity index (χ2n) is 2.72. The molecule has 0 aromatic heterocycles. The van der Waals surface area contributed by atoms with E-state index in [-0.39, 0.29) is 11.9 Å². The van der Waals surface area contributed by atoms with E-state index in [9.17, 15) is 4.39 Å². The molecule has 0 radical (unpaired) electrons. The van der Waals surface area contributed by atoms with E-state index in [0.717, 1.165) is 0 Å². The standard InChI is InChI=1S/C8H7BrFNO/c9-4-1-5(10)8-6(11)3-12-7(8)2-4/h1-2,6H,3,11H2. The molecule has 1 atom stereocenters. The van der Waals surface area contributed by atoms with Crippen LogP contribution in [0.3, 0.4) is 0 Å². The van der Waals surface area contributed by atoms with E-state index in [4.69, 9.17) is 10.5 Å². The second kappa shape index (κ2) is 2.71. The van der Waals surface area contributed by atoms with Gasteiger partial charge in [-0.05, 0) is 12.1 Å². The third kappa shape index (κ3) is 1.11.